The van der Waals surface area contributed by atoms with Gasteiger partial charge in [-0.3, -0.25) is 0 Å². The molecule has 0 amide bonds. The summed E-state index contributed by atoms with van der Waals surface area (Å²) in [7, 11) is 0. The second-order valence-corrected chi connectivity index (χ2v) is 8.26. The predicted octanol–water partition coefficient (Wildman–Crippen LogP) is 7.64. The van der Waals surface area contributed by atoms with Gasteiger partial charge < -0.3 is 5.32 Å². The van der Waals surface area contributed by atoms with E-state index in [0.717, 1.165) is 31.9 Å². The predicted molar refractivity (Wildman–Crippen MR) is 114 cm³/mol. The first-order valence-corrected chi connectivity index (χ1v) is 9.90. The standard InChI is InChI=1S/C18H12BrCl2NS2/c1-10-8-11(19)2-5-16(10)22-12-3-4-13(15(21)9-12)17(23)18-14(20)6-7-24-18/h2-9,22H,1H3. The topological polar surface area (TPSA) is 12.0 Å². The molecule has 3 aromatic rings. The molecule has 24 heavy (non-hydrogen) atoms. The van der Waals surface area contributed by atoms with Gasteiger partial charge in [0, 0.05) is 21.4 Å². The maximum absolute atomic E-state index is 6.45. The molecule has 2 aromatic carbocycles. The van der Waals surface area contributed by atoms with E-state index in [1.807, 2.05) is 41.8 Å². The van der Waals surface area contributed by atoms with E-state index in [0.29, 0.717) is 14.9 Å². The first-order chi connectivity index (χ1) is 11.5. The third-order valence-electron chi connectivity index (χ3n) is 3.50. The number of aryl methyl sites for hydroxylation is 1. The van der Waals surface area contributed by atoms with E-state index in [1.165, 1.54) is 11.3 Å². The SMILES string of the molecule is Cc1cc(Br)ccc1Nc1ccc(C(=S)c2sccc2Cl)c(Cl)c1. The minimum absolute atomic E-state index is 0.601. The molecule has 0 spiro atoms. The van der Waals surface area contributed by atoms with Crippen molar-refractivity contribution >= 4 is 78.9 Å². The zero-order valence-corrected chi connectivity index (χ0v) is 17.3. The van der Waals surface area contributed by atoms with Gasteiger partial charge in [-0.25, -0.2) is 0 Å². The van der Waals surface area contributed by atoms with Gasteiger partial charge in [0.25, 0.3) is 0 Å². The Morgan fingerprint density at radius 2 is 1.88 bits per heavy atom. The number of rotatable bonds is 4. The van der Waals surface area contributed by atoms with Crippen molar-refractivity contribution < 1.29 is 0 Å². The lowest BCUT2D eigenvalue weighted by molar-refractivity contribution is 1.42. The largest absolute Gasteiger partial charge is 0.355 e. The molecule has 0 aliphatic heterocycles. The summed E-state index contributed by atoms with van der Waals surface area (Å²) in [4.78, 5) is 1.55. The molecular formula is C18H12BrCl2NS2. The maximum atomic E-state index is 6.45. The molecule has 3 rings (SSSR count). The van der Waals surface area contributed by atoms with Gasteiger partial charge >= 0.3 is 0 Å². The molecule has 0 aliphatic rings. The van der Waals surface area contributed by atoms with Crippen LogP contribution in [-0.4, -0.2) is 4.86 Å². The fraction of sp³-hybridized carbons (Fsp3) is 0.0556. The van der Waals surface area contributed by atoms with Crippen LogP contribution in [0.4, 0.5) is 11.4 Å². The zero-order valence-electron chi connectivity index (χ0n) is 12.6. The Kier molecular flexibility index (Phi) is 5.63. The van der Waals surface area contributed by atoms with Gasteiger partial charge in [-0.05, 0) is 60.3 Å². The van der Waals surface area contributed by atoms with Crippen LogP contribution in [0.2, 0.25) is 10.0 Å². The van der Waals surface area contributed by atoms with E-state index in [-0.39, 0.29) is 0 Å². The number of hydrogen-bond acceptors (Lipinski definition) is 3. The highest BCUT2D eigenvalue weighted by molar-refractivity contribution is 9.10. The van der Waals surface area contributed by atoms with Crippen LogP contribution in [0.5, 0.6) is 0 Å². The number of halogens is 3. The highest BCUT2D eigenvalue weighted by Crippen LogP contribution is 2.31. The summed E-state index contributed by atoms with van der Waals surface area (Å²) in [5.74, 6) is 0. The summed E-state index contributed by atoms with van der Waals surface area (Å²) in [6.45, 7) is 2.05. The van der Waals surface area contributed by atoms with Gasteiger partial charge in [0.1, 0.15) is 0 Å². The van der Waals surface area contributed by atoms with Crippen molar-refractivity contribution in [1.82, 2.24) is 0 Å². The molecule has 0 saturated heterocycles. The van der Waals surface area contributed by atoms with E-state index in [9.17, 15) is 0 Å². The van der Waals surface area contributed by atoms with Crippen molar-refractivity contribution in [1.29, 1.82) is 0 Å². The monoisotopic (exact) mass is 455 g/mol. The molecule has 0 bridgehead atoms. The highest BCUT2D eigenvalue weighted by Gasteiger charge is 2.14. The van der Waals surface area contributed by atoms with Crippen LogP contribution in [0.15, 0.2) is 52.3 Å². The van der Waals surface area contributed by atoms with Gasteiger partial charge in [0.05, 0.1) is 19.8 Å². The Hall–Kier alpha value is -0.910. The molecule has 0 fully saturated rings. The molecular weight excluding hydrogens is 445 g/mol. The fourth-order valence-corrected chi connectivity index (χ4v) is 4.68. The average Bonchev–Trinajstić information content (AvgIpc) is 2.96. The van der Waals surface area contributed by atoms with Gasteiger partial charge in [-0.1, -0.05) is 51.3 Å². The Morgan fingerprint density at radius 1 is 1.08 bits per heavy atom. The normalized spacial score (nSPS) is 10.7. The average molecular weight is 457 g/mol. The third-order valence-corrected chi connectivity index (χ3v) is 6.22. The third kappa shape index (κ3) is 3.84. The molecule has 0 radical (unpaired) electrons. The van der Waals surface area contributed by atoms with E-state index in [2.05, 4.69) is 34.2 Å². The van der Waals surface area contributed by atoms with Gasteiger partial charge in [0.15, 0.2) is 0 Å². The van der Waals surface area contributed by atoms with Crippen LogP contribution in [0.3, 0.4) is 0 Å². The van der Waals surface area contributed by atoms with Crippen LogP contribution in [0.1, 0.15) is 16.0 Å². The van der Waals surface area contributed by atoms with E-state index in [1.54, 1.807) is 0 Å². The lowest BCUT2D eigenvalue weighted by Crippen LogP contribution is -2.00. The van der Waals surface area contributed by atoms with E-state index in [4.69, 9.17) is 35.4 Å². The van der Waals surface area contributed by atoms with Crippen LogP contribution < -0.4 is 5.32 Å². The van der Waals surface area contributed by atoms with Crippen LogP contribution in [0, 0.1) is 6.92 Å². The van der Waals surface area contributed by atoms with Crippen molar-refractivity contribution in [2.45, 2.75) is 6.92 Å². The summed E-state index contributed by atoms with van der Waals surface area (Å²) in [6.07, 6.45) is 0. The molecule has 1 N–H and O–H groups in total. The number of hydrogen-bond donors (Lipinski definition) is 1. The number of thiocarbonyl (C=S) groups is 1. The van der Waals surface area contributed by atoms with Gasteiger partial charge in [-0.2, -0.15) is 0 Å². The Morgan fingerprint density at radius 3 is 2.50 bits per heavy atom. The molecule has 0 aliphatic carbocycles. The van der Waals surface area contributed by atoms with E-state index >= 15 is 0 Å². The smallest absolute Gasteiger partial charge is 0.0651 e. The lowest BCUT2D eigenvalue weighted by atomic mass is 10.1. The van der Waals surface area contributed by atoms with Crippen molar-refractivity contribution in [2.24, 2.45) is 0 Å². The summed E-state index contributed by atoms with van der Waals surface area (Å²) < 4.78 is 1.05. The molecule has 0 atom stereocenters. The van der Waals surface area contributed by atoms with Crippen LogP contribution in [-0.2, 0) is 0 Å². The fourth-order valence-electron chi connectivity index (χ4n) is 2.28. The number of nitrogens with one attached hydrogen (secondary N) is 1. The molecule has 1 heterocycles. The quantitative estimate of drug-likeness (QED) is 0.319. The molecule has 1 aromatic heterocycles. The number of anilines is 2. The van der Waals surface area contributed by atoms with Crippen LogP contribution in [0.25, 0.3) is 0 Å². The van der Waals surface area contributed by atoms with Crippen molar-refractivity contribution in [3.05, 3.63) is 78.4 Å². The summed E-state index contributed by atoms with van der Waals surface area (Å²) in [5.41, 5.74) is 3.90. The molecule has 6 heteroatoms. The summed E-state index contributed by atoms with van der Waals surface area (Å²) >= 11 is 23.2. The zero-order chi connectivity index (χ0) is 17.3. The molecule has 0 unspecified atom stereocenters. The second kappa shape index (κ2) is 7.54. The summed E-state index contributed by atoms with van der Waals surface area (Å²) in [5, 5.41) is 6.56. The van der Waals surface area contributed by atoms with Crippen molar-refractivity contribution in [3.63, 3.8) is 0 Å². The highest BCUT2D eigenvalue weighted by atomic mass is 79.9. The first kappa shape index (κ1) is 17.9. The van der Waals surface area contributed by atoms with Crippen LogP contribution >= 0.6 is 62.7 Å². The molecule has 1 nitrogen and oxygen atoms in total. The number of thiophene rings is 1. The Balaban J connectivity index is 1.87. The minimum Gasteiger partial charge on any atom is -0.355 e. The Labute approximate surface area is 168 Å². The van der Waals surface area contributed by atoms with Gasteiger partial charge in [0.2, 0.25) is 0 Å². The minimum atomic E-state index is 0.601. The molecule has 0 saturated carbocycles. The molecule has 122 valence electrons. The first-order valence-electron chi connectivity index (χ1n) is 7.06. The lowest BCUT2D eigenvalue weighted by Gasteiger charge is -2.12. The maximum Gasteiger partial charge on any atom is 0.0651 e. The Bertz CT molecular complexity index is 921. The van der Waals surface area contributed by atoms with Gasteiger partial charge in [-0.15, -0.1) is 11.3 Å². The van der Waals surface area contributed by atoms with E-state index < -0.39 is 0 Å². The summed E-state index contributed by atoms with van der Waals surface area (Å²) in [6, 6.07) is 13.7. The number of benzene rings is 2. The second-order valence-electron chi connectivity index (χ2n) is 5.21. The van der Waals surface area contributed by atoms with Crippen molar-refractivity contribution in [3.8, 4) is 0 Å². The van der Waals surface area contributed by atoms with Crippen molar-refractivity contribution in [2.75, 3.05) is 5.32 Å².